The SMILES string of the molecule is O=C(CC[C@H]1CCCN(C2CCCCCC2)C1)Nc1ccccc1F. The van der Waals surface area contributed by atoms with Crippen LogP contribution in [0, 0.1) is 11.7 Å². The van der Waals surface area contributed by atoms with Crippen molar-refractivity contribution in [3.63, 3.8) is 0 Å². The molecule has 0 unspecified atom stereocenters. The van der Waals surface area contributed by atoms with Crippen LogP contribution in [0.25, 0.3) is 0 Å². The molecule has 0 bridgehead atoms. The van der Waals surface area contributed by atoms with Gasteiger partial charge in [0.2, 0.25) is 5.91 Å². The zero-order valence-electron chi connectivity index (χ0n) is 15.2. The van der Waals surface area contributed by atoms with E-state index in [1.807, 2.05) is 0 Å². The predicted molar refractivity (Wildman–Crippen MR) is 100 cm³/mol. The fourth-order valence-electron chi connectivity index (χ4n) is 4.40. The van der Waals surface area contributed by atoms with E-state index in [1.54, 1.807) is 18.2 Å². The predicted octanol–water partition coefficient (Wildman–Crippen LogP) is 4.98. The molecule has 0 aromatic heterocycles. The lowest BCUT2D eigenvalue weighted by atomic mass is 9.91. The van der Waals surface area contributed by atoms with Gasteiger partial charge in [-0.1, -0.05) is 37.8 Å². The Bertz CT molecular complexity index is 555. The first kappa shape index (κ1) is 18.4. The van der Waals surface area contributed by atoms with Crippen molar-refractivity contribution in [2.75, 3.05) is 18.4 Å². The third-order valence-electron chi connectivity index (χ3n) is 5.82. The molecule has 1 aliphatic heterocycles. The van der Waals surface area contributed by atoms with Crippen LogP contribution in [-0.2, 0) is 4.79 Å². The van der Waals surface area contributed by atoms with E-state index in [4.69, 9.17) is 0 Å². The van der Waals surface area contributed by atoms with Gasteiger partial charge in [-0.2, -0.15) is 0 Å². The van der Waals surface area contributed by atoms with Crippen molar-refractivity contribution in [3.8, 4) is 0 Å². The van der Waals surface area contributed by atoms with Crippen molar-refractivity contribution in [1.82, 2.24) is 4.90 Å². The molecule has 1 atom stereocenters. The number of hydrogen-bond donors (Lipinski definition) is 1. The summed E-state index contributed by atoms with van der Waals surface area (Å²) in [6, 6.07) is 7.13. The Kier molecular flexibility index (Phi) is 6.85. The Morgan fingerprint density at radius 1 is 1.08 bits per heavy atom. The van der Waals surface area contributed by atoms with Crippen molar-refractivity contribution < 1.29 is 9.18 Å². The lowest BCUT2D eigenvalue weighted by Gasteiger charge is -2.38. The van der Waals surface area contributed by atoms with Crippen molar-refractivity contribution in [2.24, 2.45) is 5.92 Å². The molecule has 1 aromatic carbocycles. The Hall–Kier alpha value is -1.42. The van der Waals surface area contributed by atoms with E-state index in [9.17, 15) is 9.18 Å². The Balaban J connectivity index is 1.44. The molecule has 1 aliphatic carbocycles. The third kappa shape index (κ3) is 5.53. The minimum atomic E-state index is -0.368. The molecule has 0 radical (unpaired) electrons. The summed E-state index contributed by atoms with van der Waals surface area (Å²) in [4.78, 5) is 14.8. The van der Waals surface area contributed by atoms with Gasteiger partial charge in [0.15, 0.2) is 0 Å². The lowest BCUT2D eigenvalue weighted by Crippen LogP contribution is -2.42. The number of carbonyl (C=O) groups excluding carboxylic acids is 1. The van der Waals surface area contributed by atoms with Gasteiger partial charge in [-0.15, -0.1) is 0 Å². The number of piperidine rings is 1. The average molecular weight is 346 g/mol. The summed E-state index contributed by atoms with van der Waals surface area (Å²) in [6.45, 7) is 2.36. The molecule has 3 rings (SSSR count). The van der Waals surface area contributed by atoms with Crippen LogP contribution < -0.4 is 5.32 Å². The van der Waals surface area contributed by atoms with Crippen molar-refractivity contribution in [3.05, 3.63) is 30.1 Å². The Morgan fingerprint density at radius 2 is 1.84 bits per heavy atom. The highest BCUT2D eigenvalue weighted by Gasteiger charge is 2.26. The van der Waals surface area contributed by atoms with Gasteiger partial charge >= 0.3 is 0 Å². The minimum Gasteiger partial charge on any atom is -0.324 e. The number of carbonyl (C=O) groups is 1. The molecular formula is C21H31FN2O. The van der Waals surface area contributed by atoms with E-state index in [2.05, 4.69) is 10.2 Å². The number of para-hydroxylation sites is 1. The first-order valence-corrected chi connectivity index (χ1v) is 10.0. The Labute approximate surface area is 151 Å². The molecule has 2 aliphatic rings. The molecule has 4 heteroatoms. The quantitative estimate of drug-likeness (QED) is 0.763. The maximum absolute atomic E-state index is 13.6. The van der Waals surface area contributed by atoms with E-state index in [1.165, 1.54) is 64.0 Å². The van der Waals surface area contributed by atoms with Crippen molar-refractivity contribution in [1.29, 1.82) is 0 Å². The number of anilines is 1. The highest BCUT2D eigenvalue weighted by atomic mass is 19.1. The summed E-state index contributed by atoms with van der Waals surface area (Å²) >= 11 is 0. The first-order chi connectivity index (χ1) is 12.2. The van der Waals surface area contributed by atoms with Crippen LogP contribution in [0.15, 0.2) is 24.3 Å². The Morgan fingerprint density at radius 3 is 2.60 bits per heavy atom. The zero-order valence-corrected chi connectivity index (χ0v) is 15.2. The molecule has 1 saturated carbocycles. The van der Waals surface area contributed by atoms with Gasteiger partial charge in [-0.05, 0) is 56.7 Å². The van der Waals surface area contributed by atoms with Crippen LogP contribution in [0.2, 0.25) is 0 Å². The molecular weight excluding hydrogens is 315 g/mol. The number of likely N-dealkylation sites (tertiary alicyclic amines) is 1. The molecule has 2 fully saturated rings. The highest BCUT2D eigenvalue weighted by molar-refractivity contribution is 5.90. The van der Waals surface area contributed by atoms with Crippen molar-refractivity contribution in [2.45, 2.75) is 70.3 Å². The molecule has 1 heterocycles. The minimum absolute atomic E-state index is 0.0725. The number of benzene rings is 1. The number of amides is 1. The van der Waals surface area contributed by atoms with E-state index in [-0.39, 0.29) is 17.4 Å². The van der Waals surface area contributed by atoms with Gasteiger partial charge in [-0.3, -0.25) is 4.79 Å². The van der Waals surface area contributed by atoms with Gasteiger partial charge in [0, 0.05) is 19.0 Å². The summed E-state index contributed by atoms with van der Waals surface area (Å²) in [7, 11) is 0. The molecule has 1 N–H and O–H groups in total. The van der Waals surface area contributed by atoms with E-state index in [0.29, 0.717) is 12.3 Å². The molecule has 0 spiro atoms. The topological polar surface area (TPSA) is 32.3 Å². The summed E-state index contributed by atoms with van der Waals surface area (Å²) in [5, 5.41) is 2.71. The fraction of sp³-hybridized carbons (Fsp3) is 0.667. The summed E-state index contributed by atoms with van der Waals surface area (Å²) < 4.78 is 13.6. The molecule has 25 heavy (non-hydrogen) atoms. The highest BCUT2D eigenvalue weighted by Crippen LogP contribution is 2.28. The normalized spacial score (nSPS) is 23.2. The van der Waals surface area contributed by atoms with Crippen LogP contribution in [0.3, 0.4) is 0 Å². The number of nitrogens with one attached hydrogen (secondary N) is 1. The summed E-state index contributed by atoms with van der Waals surface area (Å²) in [6.07, 6.45) is 12.1. The number of halogens is 1. The summed E-state index contributed by atoms with van der Waals surface area (Å²) in [5.41, 5.74) is 0.288. The van der Waals surface area contributed by atoms with E-state index >= 15 is 0 Å². The van der Waals surface area contributed by atoms with E-state index in [0.717, 1.165) is 19.0 Å². The van der Waals surface area contributed by atoms with Crippen LogP contribution >= 0.6 is 0 Å². The second-order valence-electron chi connectivity index (χ2n) is 7.72. The first-order valence-electron chi connectivity index (χ1n) is 10.0. The zero-order chi connectivity index (χ0) is 17.5. The largest absolute Gasteiger partial charge is 0.324 e. The van der Waals surface area contributed by atoms with E-state index < -0.39 is 0 Å². The summed E-state index contributed by atoms with van der Waals surface area (Å²) in [5.74, 6) is 0.160. The van der Waals surface area contributed by atoms with Crippen LogP contribution in [-0.4, -0.2) is 29.9 Å². The molecule has 3 nitrogen and oxygen atoms in total. The van der Waals surface area contributed by atoms with Gasteiger partial charge in [0.05, 0.1) is 5.69 Å². The number of hydrogen-bond acceptors (Lipinski definition) is 2. The molecule has 1 aromatic rings. The molecule has 1 saturated heterocycles. The van der Waals surface area contributed by atoms with Crippen LogP contribution in [0.1, 0.15) is 64.2 Å². The van der Waals surface area contributed by atoms with Gasteiger partial charge in [-0.25, -0.2) is 4.39 Å². The number of nitrogens with zero attached hydrogens (tertiary/aromatic N) is 1. The standard InChI is InChI=1S/C21H31FN2O/c22-19-11-5-6-12-20(19)23-21(25)14-13-17-8-7-15-24(16-17)18-9-3-1-2-4-10-18/h5-6,11-12,17-18H,1-4,7-10,13-16H2,(H,23,25)/t17-/m1/s1. The van der Waals surface area contributed by atoms with Crippen LogP contribution in [0.5, 0.6) is 0 Å². The second kappa shape index (κ2) is 9.33. The smallest absolute Gasteiger partial charge is 0.224 e. The monoisotopic (exact) mass is 346 g/mol. The van der Waals surface area contributed by atoms with Gasteiger partial charge in [0.1, 0.15) is 5.82 Å². The maximum atomic E-state index is 13.6. The van der Waals surface area contributed by atoms with Gasteiger partial charge in [0.25, 0.3) is 0 Å². The fourth-order valence-corrected chi connectivity index (χ4v) is 4.40. The third-order valence-corrected chi connectivity index (χ3v) is 5.82. The molecule has 138 valence electrons. The average Bonchev–Trinajstić information content (AvgIpc) is 2.92. The van der Waals surface area contributed by atoms with Gasteiger partial charge < -0.3 is 10.2 Å². The molecule has 1 amide bonds. The number of rotatable bonds is 5. The van der Waals surface area contributed by atoms with Crippen LogP contribution in [0.4, 0.5) is 10.1 Å². The van der Waals surface area contributed by atoms with Crippen molar-refractivity contribution >= 4 is 11.6 Å². The second-order valence-corrected chi connectivity index (χ2v) is 7.72. The maximum Gasteiger partial charge on any atom is 0.224 e. The lowest BCUT2D eigenvalue weighted by molar-refractivity contribution is -0.116.